The first-order chi connectivity index (χ1) is 23.4. The van der Waals surface area contributed by atoms with Crippen molar-refractivity contribution >= 4 is 0 Å². The van der Waals surface area contributed by atoms with E-state index in [2.05, 4.69) is 43.5 Å². The molecule has 0 radical (unpaired) electrons. The Morgan fingerprint density at radius 3 is 0.915 bits per heavy atom. The van der Waals surface area contributed by atoms with E-state index in [0.29, 0.717) is 0 Å². The van der Waals surface area contributed by atoms with Gasteiger partial charge in [0.05, 0.1) is 12.2 Å². The third kappa shape index (κ3) is 32.3. The lowest BCUT2D eigenvalue weighted by Gasteiger charge is -2.20. The Balaban J connectivity index is 1.79. The standard InChI is InChI=1S/C44H85NO2/c1-3-5-7-9-11-13-15-17-19-21-23-25-27-29-31-33-35-37-39-46-43-41-45-42-44(43)47-40-38-36-34-32-30-28-26-24-22-20-18-16-14-12-10-8-6-4-2/h17-20,43-45H,3-16,21-42H2,1-2H3/b19-17-,20-18-/t43-,44?/m1/s1. The predicted octanol–water partition coefficient (Wildman–Crippen LogP) is 14.0. The predicted molar refractivity (Wildman–Crippen MR) is 210 cm³/mol. The molecule has 0 aliphatic carbocycles. The van der Waals surface area contributed by atoms with Crippen molar-refractivity contribution in [2.45, 2.75) is 232 Å². The largest absolute Gasteiger partial charge is 0.374 e. The Labute approximate surface area is 296 Å². The first kappa shape index (κ1) is 44.4. The van der Waals surface area contributed by atoms with Crippen LogP contribution in [-0.4, -0.2) is 38.5 Å². The maximum atomic E-state index is 6.24. The van der Waals surface area contributed by atoms with Crippen molar-refractivity contribution in [1.82, 2.24) is 5.32 Å². The smallest absolute Gasteiger partial charge is 0.0973 e. The minimum Gasteiger partial charge on any atom is -0.374 e. The molecule has 0 aromatic carbocycles. The van der Waals surface area contributed by atoms with E-state index in [0.717, 1.165) is 26.3 Å². The van der Waals surface area contributed by atoms with E-state index in [1.54, 1.807) is 0 Å². The minimum absolute atomic E-state index is 0.250. The van der Waals surface area contributed by atoms with Crippen LogP contribution in [0.25, 0.3) is 0 Å². The molecule has 2 atom stereocenters. The number of rotatable bonds is 38. The maximum Gasteiger partial charge on any atom is 0.0973 e. The average Bonchev–Trinajstić information content (AvgIpc) is 3.53. The van der Waals surface area contributed by atoms with Crippen LogP contribution in [0.15, 0.2) is 24.3 Å². The fraction of sp³-hybridized carbons (Fsp3) is 0.909. The zero-order valence-corrected chi connectivity index (χ0v) is 32.2. The van der Waals surface area contributed by atoms with Gasteiger partial charge in [0.2, 0.25) is 0 Å². The van der Waals surface area contributed by atoms with E-state index < -0.39 is 0 Å². The Morgan fingerprint density at radius 2 is 0.617 bits per heavy atom. The van der Waals surface area contributed by atoms with Gasteiger partial charge in [-0.25, -0.2) is 0 Å². The number of unbranched alkanes of at least 4 members (excludes halogenated alkanes) is 28. The summed E-state index contributed by atoms with van der Waals surface area (Å²) in [4.78, 5) is 0. The quantitative estimate of drug-likeness (QED) is 0.0528. The van der Waals surface area contributed by atoms with Gasteiger partial charge in [-0.3, -0.25) is 0 Å². The summed E-state index contributed by atoms with van der Waals surface area (Å²) in [6.45, 7) is 8.28. The lowest BCUT2D eigenvalue weighted by Crippen LogP contribution is -2.30. The Morgan fingerprint density at radius 1 is 0.362 bits per heavy atom. The Kier molecular flexibility index (Phi) is 36.0. The van der Waals surface area contributed by atoms with Crippen LogP contribution < -0.4 is 5.32 Å². The van der Waals surface area contributed by atoms with Crippen molar-refractivity contribution in [3.8, 4) is 0 Å². The molecule has 1 unspecified atom stereocenters. The molecule has 1 rings (SSSR count). The molecular weight excluding hydrogens is 574 g/mol. The lowest BCUT2D eigenvalue weighted by atomic mass is 10.1. The average molecular weight is 660 g/mol. The molecule has 1 N–H and O–H groups in total. The summed E-state index contributed by atoms with van der Waals surface area (Å²) < 4.78 is 12.5. The fourth-order valence-corrected chi connectivity index (χ4v) is 6.84. The highest BCUT2D eigenvalue weighted by Gasteiger charge is 2.28. The Bertz CT molecular complexity index is 593. The van der Waals surface area contributed by atoms with Gasteiger partial charge in [0, 0.05) is 26.3 Å². The highest BCUT2D eigenvalue weighted by molar-refractivity contribution is 4.83. The van der Waals surface area contributed by atoms with Crippen molar-refractivity contribution in [3.63, 3.8) is 0 Å². The second-order valence-corrected chi connectivity index (χ2v) is 14.8. The first-order valence-electron chi connectivity index (χ1n) is 21.6. The molecule has 1 aliphatic rings. The van der Waals surface area contributed by atoms with Gasteiger partial charge in [-0.1, -0.05) is 179 Å². The summed E-state index contributed by atoms with van der Waals surface area (Å²) in [7, 11) is 0. The molecule has 1 saturated heterocycles. The summed E-state index contributed by atoms with van der Waals surface area (Å²) >= 11 is 0. The van der Waals surface area contributed by atoms with Crippen LogP contribution in [0.2, 0.25) is 0 Å². The molecule has 0 spiro atoms. The van der Waals surface area contributed by atoms with Crippen LogP contribution in [0, 0.1) is 0 Å². The van der Waals surface area contributed by atoms with E-state index in [1.807, 2.05) is 0 Å². The second-order valence-electron chi connectivity index (χ2n) is 14.8. The van der Waals surface area contributed by atoms with Gasteiger partial charge in [0.15, 0.2) is 0 Å². The zero-order chi connectivity index (χ0) is 33.6. The van der Waals surface area contributed by atoms with Gasteiger partial charge in [-0.2, -0.15) is 0 Å². The molecule has 3 nitrogen and oxygen atoms in total. The van der Waals surface area contributed by atoms with Crippen molar-refractivity contribution in [2.75, 3.05) is 26.3 Å². The van der Waals surface area contributed by atoms with Gasteiger partial charge >= 0.3 is 0 Å². The molecule has 0 amide bonds. The van der Waals surface area contributed by atoms with Gasteiger partial charge in [-0.15, -0.1) is 0 Å². The van der Waals surface area contributed by atoms with Crippen LogP contribution in [0.1, 0.15) is 219 Å². The summed E-state index contributed by atoms with van der Waals surface area (Å²) in [5, 5.41) is 3.49. The van der Waals surface area contributed by atoms with Crippen molar-refractivity contribution in [1.29, 1.82) is 0 Å². The third-order valence-electron chi connectivity index (χ3n) is 10.1. The number of nitrogens with one attached hydrogen (secondary N) is 1. The first-order valence-corrected chi connectivity index (χ1v) is 21.6. The minimum atomic E-state index is 0.250. The topological polar surface area (TPSA) is 30.5 Å². The molecular formula is C44H85NO2. The van der Waals surface area contributed by atoms with Gasteiger partial charge in [0.25, 0.3) is 0 Å². The summed E-state index contributed by atoms with van der Waals surface area (Å²) in [5.74, 6) is 0. The third-order valence-corrected chi connectivity index (χ3v) is 10.1. The van der Waals surface area contributed by atoms with Crippen LogP contribution >= 0.6 is 0 Å². The van der Waals surface area contributed by atoms with E-state index in [-0.39, 0.29) is 12.2 Å². The molecule has 1 aliphatic heterocycles. The number of hydrogen-bond donors (Lipinski definition) is 1. The van der Waals surface area contributed by atoms with Crippen LogP contribution in [0.5, 0.6) is 0 Å². The number of allylic oxidation sites excluding steroid dienone is 4. The van der Waals surface area contributed by atoms with E-state index in [9.17, 15) is 0 Å². The number of ether oxygens (including phenoxy) is 2. The SMILES string of the molecule is CCCCCCCC/C=C\CCCCCCCCCCOC1CNC[C@H]1OCCCCCCCCCC/C=C\CCCCCCCC. The number of hydrogen-bond acceptors (Lipinski definition) is 3. The van der Waals surface area contributed by atoms with Crippen molar-refractivity contribution < 1.29 is 9.47 Å². The molecule has 0 aromatic rings. The van der Waals surface area contributed by atoms with Crippen LogP contribution in [-0.2, 0) is 9.47 Å². The molecule has 0 aromatic heterocycles. The molecule has 1 heterocycles. The zero-order valence-electron chi connectivity index (χ0n) is 32.2. The van der Waals surface area contributed by atoms with Crippen molar-refractivity contribution in [2.24, 2.45) is 0 Å². The highest BCUT2D eigenvalue weighted by atomic mass is 16.5. The summed E-state index contributed by atoms with van der Waals surface area (Å²) in [6.07, 6.45) is 53.9. The normalized spacial score (nSPS) is 16.8. The molecule has 0 saturated carbocycles. The monoisotopic (exact) mass is 660 g/mol. The van der Waals surface area contributed by atoms with Crippen LogP contribution in [0.3, 0.4) is 0 Å². The second kappa shape index (κ2) is 38.2. The van der Waals surface area contributed by atoms with E-state index in [4.69, 9.17) is 9.47 Å². The fourth-order valence-electron chi connectivity index (χ4n) is 6.84. The highest BCUT2D eigenvalue weighted by Crippen LogP contribution is 2.15. The van der Waals surface area contributed by atoms with E-state index in [1.165, 1.54) is 205 Å². The maximum absolute atomic E-state index is 6.24. The van der Waals surface area contributed by atoms with Crippen molar-refractivity contribution in [3.05, 3.63) is 24.3 Å². The molecule has 1 fully saturated rings. The van der Waals surface area contributed by atoms with Gasteiger partial charge in [-0.05, 0) is 64.2 Å². The van der Waals surface area contributed by atoms with E-state index >= 15 is 0 Å². The molecule has 278 valence electrons. The molecule has 3 heteroatoms. The summed E-state index contributed by atoms with van der Waals surface area (Å²) in [6, 6.07) is 0. The summed E-state index contributed by atoms with van der Waals surface area (Å²) in [5.41, 5.74) is 0. The molecule has 47 heavy (non-hydrogen) atoms. The van der Waals surface area contributed by atoms with Gasteiger partial charge < -0.3 is 14.8 Å². The lowest BCUT2D eigenvalue weighted by molar-refractivity contribution is -0.0481. The Hall–Kier alpha value is -0.640. The van der Waals surface area contributed by atoms with Crippen LogP contribution in [0.4, 0.5) is 0 Å². The van der Waals surface area contributed by atoms with Gasteiger partial charge in [0.1, 0.15) is 0 Å². The molecule has 0 bridgehead atoms.